The van der Waals surface area contributed by atoms with E-state index in [4.69, 9.17) is 9.47 Å². The molecule has 0 saturated carbocycles. The number of nitrogens with one attached hydrogen (secondary N) is 2. The molecule has 0 aliphatic rings. The molecule has 0 unspecified atom stereocenters. The first kappa shape index (κ1) is 24.1. The first-order valence-corrected chi connectivity index (χ1v) is 10.5. The van der Waals surface area contributed by atoms with Crippen molar-refractivity contribution in [1.29, 1.82) is 0 Å². The number of carbonyl (C=O) groups is 1. The molecule has 7 nitrogen and oxygen atoms in total. The number of hydrogen-bond donors (Lipinski definition) is 2. The topological polar surface area (TPSA) is 75.2 Å². The number of amides is 1. The van der Waals surface area contributed by atoms with Crippen molar-refractivity contribution in [3.8, 4) is 11.5 Å². The molecule has 0 radical (unpaired) electrons. The summed E-state index contributed by atoms with van der Waals surface area (Å²) in [6, 6.07) is 13.6. The predicted octanol–water partition coefficient (Wildman–Crippen LogP) is 3.09. The van der Waals surface area contributed by atoms with Crippen LogP contribution in [0.5, 0.6) is 11.5 Å². The van der Waals surface area contributed by atoms with Crippen LogP contribution in [0.1, 0.15) is 34.8 Å². The van der Waals surface area contributed by atoms with Gasteiger partial charge >= 0.3 is 0 Å². The fourth-order valence-electron chi connectivity index (χ4n) is 3.17. The molecule has 7 heteroatoms. The molecule has 0 aliphatic carbocycles. The van der Waals surface area contributed by atoms with Crippen LogP contribution in [0, 0.1) is 0 Å². The van der Waals surface area contributed by atoms with Gasteiger partial charge in [0.15, 0.2) is 17.5 Å². The van der Waals surface area contributed by atoms with Crippen molar-refractivity contribution in [2.75, 3.05) is 41.4 Å². The second kappa shape index (κ2) is 12.5. The Kier molecular flexibility index (Phi) is 9.68. The summed E-state index contributed by atoms with van der Waals surface area (Å²) in [5, 5.41) is 6.28. The number of guanidine groups is 1. The Balaban J connectivity index is 1.92. The van der Waals surface area contributed by atoms with E-state index < -0.39 is 0 Å². The van der Waals surface area contributed by atoms with Crippen LogP contribution in [0.2, 0.25) is 0 Å². The minimum Gasteiger partial charge on any atom is -0.493 e. The summed E-state index contributed by atoms with van der Waals surface area (Å²) >= 11 is 0. The molecule has 1 amide bonds. The number of ether oxygens (including phenoxy) is 2. The lowest BCUT2D eigenvalue weighted by Crippen LogP contribution is -2.39. The highest BCUT2D eigenvalue weighted by atomic mass is 16.5. The number of likely N-dealkylation sites (N-methyl/N-ethyl adjacent to an activating group) is 1. The SMILES string of the molecule is CCCNC(=O)c1cccc(CNC(=NC)N(C)CCc2ccc(OC)c(OC)c2)c1. The van der Waals surface area contributed by atoms with Gasteiger partial charge in [0.2, 0.25) is 0 Å². The smallest absolute Gasteiger partial charge is 0.251 e. The molecule has 0 fully saturated rings. The van der Waals surface area contributed by atoms with E-state index in [9.17, 15) is 4.79 Å². The second-order valence-electron chi connectivity index (χ2n) is 7.22. The molecule has 0 heterocycles. The van der Waals surface area contributed by atoms with Crippen LogP contribution in [-0.2, 0) is 13.0 Å². The number of hydrogen-bond acceptors (Lipinski definition) is 4. The van der Waals surface area contributed by atoms with E-state index >= 15 is 0 Å². The molecule has 2 aromatic rings. The normalized spacial score (nSPS) is 11.1. The van der Waals surface area contributed by atoms with E-state index in [1.165, 1.54) is 0 Å². The fourth-order valence-corrected chi connectivity index (χ4v) is 3.17. The van der Waals surface area contributed by atoms with Crippen LogP contribution in [0.4, 0.5) is 0 Å². The first-order chi connectivity index (χ1) is 15.0. The van der Waals surface area contributed by atoms with Crippen LogP contribution in [0.25, 0.3) is 0 Å². The number of aliphatic imine (C=N–C) groups is 1. The Labute approximate surface area is 185 Å². The highest BCUT2D eigenvalue weighted by Crippen LogP contribution is 2.27. The highest BCUT2D eigenvalue weighted by Gasteiger charge is 2.10. The molecule has 0 spiro atoms. The highest BCUT2D eigenvalue weighted by molar-refractivity contribution is 5.94. The predicted molar refractivity (Wildman–Crippen MR) is 125 cm³/mol. The van der Waals surface area contributed by atoms with E-state index in [0.29, 0.717) is 18.7 Å². The largest absolute Gasteiger partial charge is 0.493 e. The Hall–Kier alpha value is -3.22. The molecule has 0 saturated heterocycles. The minimum atomic E-state index is -0.0416. The lowest BCUT2D eigenvalue weighted by Gasteiger charge is -2.22. The summed E-state index contributed by atoms with van der Waals surface area (Å²) in [5.74, 6) is 2.21. The summed E-state index contributed by atoms with van der Waals surface area (Å²) in [6.07, 6.45) is 1.75. The molecule has 2 rings (SSSR count). The third kappa shape index (κ3) is 7.20. The molecule has 0 bridgehead atoms. The Morgan fingerprint density at radius 3 is 2.48 bits per heavy atom. The lowest BCUT2D eigenvalue weighted by molar-refractivity contribution is 0.0953. The number of rotatable bonds is 10. The summed E-state index contributed by atoms with van der Waals surface area (Å²) in [5.41, 5.74) is 2.86. The summed E-state index contributed by atoms with van der Waals surface area (Å²) in [6.45, 7) is 4.09. The average molecular weight is 427 g/mol. The van der Waals surface area contributed by atoms with E-state index in [1.54, 1.807) is 21.3 Å². The zero-order chi connectivity index (χ0) is 22.6. The van der Waals surface area contributed by atoms with Gasteiger partial charge in [-0.25, -0.2) is 0 Å². The zero-order valence-corrected chi connectivity index (χ0v) is 19.2. The molecule has 168 valence electrons. The fraction of sp³-hybridized carbons (Fsp3) is 0.417. The van der Waals surface area contributed by atoms with Crippen molar-refractivity contribution in [3.63, 3.8) is 0 Å². The molecular formula is C24H34N4O3. The Morgan fingerprint density at radius 2 is 1.81 bits per heavy atom. The van der Waals surface area contributed by atoms with E-state index in [-0.39, 0.29) is 5.91 Å². The van der Waals surface area contributed by atoms with Crippen molar-refractivity contribution in [1.82, 2.24) is 15.5 Å². The monoisotopic (exact) mass is 426 g/mol. The third-order valence-electron chi connectivity index (χ3n) is 4.93. The van der Waals surface area contributed by atoms with Crippen molar-refractivity contribution in [2.24, 2.45) is 4.99 Å². The van der Waals surface area contributed by atoms with Gasteiger partial charge in [0.25, 0.3) is 5.91 Å². The summed E-state index contributed by atoms with van der Waals surface area (Å²) in [7, 11) is 7.05. The zero-order valence-electron chi connectivity index (χ0n) is 19.2. The number of nitrogens with zero attached hydrogens (tertiary/aromatic N) is 2. The van der Waals surface area contributed by atoms with Gasteiger partial charge in [-0.05, 0) is 48.2 Å². The van der Waals surface area contributed by atoms with Crippen LogP contribution in [0.3, 0.4) is 0 Å². The van der Waals surface area contributed by atoms with Crippen LogP contribution in [-0.4, -0.2) is 58.2 Å². The quantitative estimate of drug-likeness (QED) is 0.451. The molecule has 0 aromatic heterocycles. The molecular weight excluding hydrogens is 392 g/mol. The van der Waals surface area contributed by atoms with Crippen molar-refractivity contribution >= 4 is 11.9 Å². The van der Waals surface area contributed by atoms with Crippen LogP contribution < -0.4 is 20.1 Å². The summed E-state index contributed by atoms with van der Waals surface area (Å²) < 4.78 is 10.7. The van der Waals surface area contributed by atoms with Gasteiger partial charge in [0.05, 0.1) is 14.2 Å². The van der Waals surface area contributed by atoms with E-state index in [2.05, 4.69) is 20.5 Å². The first-order valence-electron chi connectivity index (χ1n) is 10.5. The van der Waals surface area contributed by atoms with Gasteiger partial charge < -0.3 is 25.0 Å². The maximum absolute atomic E-state index is 12.2. The van der Waals surface area contributed by atoms with Gasteiger partial charge in [-0.3, -0.25) is 9.79 Å². The standard InChI is InChI=1S/C24H34N4O3/c1-6-13-26-23(29)20-9-7-8-19(15-20)17-27-24(25-2)28(3)14-12-18-10-11-21(30-4)22(16-18)31-5/h7-11,15-16H,6,12-14,17H2,1-5H3,(H,25,27)(H,26,29). The maximum atomic E-state index is 12.2. The summed E-state index contributed by atoms with van der Waals surface area (Å²) in [4.78, 5) is 18.6. The second-order valence-corrected chi connectivity index (χ2v) is 7.22. The maximum Gasteiger partial charge on any atom is 0.251 e. The Bertz CT molecular complexity index is 883. The molecule has 2 N–H and O–H groups in total. The van der Waals surface area contributed by atoms with Gasteiger partial charge in [0, 0.05) is 39.3 Å². The van der Waals surface area contributed by atoms with Crippen LogP contribution >= 0.6 is 0 Å². The van der Waals surface area contributed by atoms with Crippen molar-refractivity contribution in [2.45, 2.75) is 26.3 Å². The molecule has 31 heavy (non-hydrogen) atoms. The van der Waals surface area contributed by atoms with Gasteiger partial charge in [-0.2, -0.15) is 0 Å². The number of carbonyl (C=O) groups excluding carboxylic acids is 1. The van der Waals surface area contributed by atoms with Crippen molar-refractivity contribution in [3.05, 3.63) is 59.2 Å². The van der Waals surface area contributed by atoms with Gasteiger partial charge in [-0.15, -0.1) is 0 Å². The lowest BCUT2D eigenvalue weighted by atomic mass is 10.1. The molecule has 0 atom stereocenters. The minimum absolute atomic E-state index is 0.0416. The molecule has 0 aliphatic heterocycles. The molecule has 2 aromatic carbocycles. The van der Waals surface area contributed by atoms with Crippen LogP contribution in [0.15, 0.2) is 47.5 Å². The Morgan fingerprint density at radius 1 is 1.03 bits per heavy atom. The average Bonchev–Trinajstić information content (AvgIpc) is 2.81. The van der Waals surface area contributed by atoms with Gasteiger partial charge in [0.1, 0.15) is 0 Å². The number of methoxy groups -OCH3 is 2. The van der Waals surface area contributed by atoms with E-state index in [1.807, 2.05) is 56.4 Å². The third-order valence-corrected chi connectivity index (χ3v) is 4.93. The van der Waals surface area contributed by atoms with E-state index in [0.717, 1.165) is 48.0 Å². The number of benzene rings is 2. The van der Waals surface area contributed by atoms with Gasteiger partial charge in [-0.1, -0.05) is 25.1 Å². The van der Waals surface area contributed by atoms with Crippen molar-refractivity contribution < 1.29 is 14.3 Å².